The Morgan fingerprint density at radius 3 is 2.39 bits per heavy atom. The molecular weight excluding hydrogens is 654 g/mol. The van der Waals surface area contributed by atoms with Crippen LogP contribution >= 0.6 is 22.9 Å². The van der Waals surface area contributed by atoms with Crippen LogP contribution in [-0.4, -0.2) is 68.6 Å². The number of carboxylic acids is 1. The molecule has 0 amide bonds. The third-order valence-electron chi connectivity index (χ3n) is 9.78. The molecule has 258 valence electrons. The van der Waals surface area contributed by atoms with Crippen molar-refractivity contribution in [3.8, 4) is 21.7 Å². The lowest BCUT2D eigenvalue weighted by Gasteiger charge is -2.42. The average molecular weight is 700 g/mol. The standard InChI is InChI=1S/C39H46ClN5O3S/c1-22(2)21-45-31-12-9-26(18-29(31)34(43-45)25-13-15-44(16-14-25)28-19-41-20-28)37-42-30-17-23(3)32(35(38(46)47)48-39(4,5)6)33(36(30)49-37)24-7-10-27(40)11-8-24/h7-12,17-18,22,25,28,35,41H,13-16,19-21H2,1-6H3,(H,46,47)/t35-/m0/s1. The molecule has 2 saturated heterocycles. The van der Waals surface area contributed by atoms with Gasteiger partial charge in [0.2, 0.25) is 0 Å². The second kappa shape index (κ2) is 13.4. The minimum atomic E-state index is -1.15. The topological polar surface area (TPSA) is 92.5 Å². The van der Waals surface area contributed by atoms with Gasteiger partial charge >= 0.3 is 5.97 Å². The van der Waals surface area contributed by atoms with Crippen LogP contribution < -0.4 is 5.32 Å². The van der Waals surface area contributed by atoms with Crippen molar-refractivity contribution in [2.24, 2.45) is 5.92 Å². The Morgan fingerprint density at radius 1 is 1.08 bits per heavy atom. The first kappa shape index (κ1) is 34.1. The zero-order chi connectivity index (χ0) is 34.6. The number of aliphatic carboxylic acids is 1. The van der Waals surface area contributed by atoms with Gasteiger partial charge in [0.15, 0.2) is 6.10 Å². The van der Waals surface area contributed by atoms with Crippen molar-refractivity contribution in [2.75, 3.05) is 26.2 Å². The smallest absolute Gasteiger partial charge is 0.337 e. The van der Waals surface area contributed by atoms with Gasteiger partial charge in [0.1, 0.15) is 5.01 Å². The highest BCUT2D eigenvalue weighted by atomic mass is 35.5. The van der Waals surface area contributed by atoms with Crippen LogP contribution in [0.1, 0.15) is 76.3 Å². The molecule has 0 spiro atoms. The molecule has 0 saturated carbocycles. The van der Waals surface area contributed by atoms with E-state index >= 15 is 0 Å². The number of rotatable bonds is 9. The second-order valence-corrected chi connectivity index (χ2v) is 16.6. The van der Waals surface area contributed by atoms with Crippen LogP contribution in [0.15, 0.2) is 48.5 Å². The maximum absolute atomic E-state index is 12.8. The number of ether oxygens (including phenoxy) is 1. The van der Waals surface area contributed by atoms with Crippen LogP contribution in [0.25, 0.3) is 42.8 Å². The Kier molecular flexibility index (Phi) is 9.34. The molecular formula is C39H46ClN5O3S. The van der Waals surface area contributed by atoms with E-state index in [9.17, 15) is 9.90 Å². The van der Waals surface area contributed by atoms with Crippen LogP contribution in [0.5, 0.6) is 0 Å². The van der Waals surface area contributed by atoms with Gasteiger partial charge in [-0.3, -0.25) is 9.58 Å². The number of aromatic nitrogens is 3. The molecule has 5 aromatic rings. The Hall–Kier alpha value is -3.34. The van der Waals surface area contributed by atoms with Gasteiger partial charge in [0, 0.05) is 58.7 Å². The number of aryl methyl sites for hydroxylation is 1. The highest BCUT2D eigenvalue weighted by Gasteiger charge is 2.33. The molecule has 4 heterocycles. The summed E-state index contributed by atoms with van der Waals surface area (Å²) in [5.41, 5.74) is 6.75. The average Bonchev–Trinajstić information content (AvgIpc) is 3.60. The lowest BCUT2D eigenvalue weighted by atomic mass is 9.90. The predicted octanol–water partition coefficient (Wildman–Crippen LogP) is 8.69. The summed E-state index contributed by atoms with van der Waals surface area (Å²) in [6.45, 7) is 17.4. The maximum atomic E-state index is 12.8. The maximum Gasteiger partial charge on any atom is 0.337 e. The number of thiazole rings is 1. The first-order valence-electron chi connectivity index (χ1n) is 17.4. The van der Waals surface area contributed by atoms with E-state index in [0.29, 0.717) is 28.5 Å². The molecule has 0 bridgehead atoms. The molecule has 0 aliphatic carbocycles. The number of hydrogen-bond donors (Lipinski definition) is 2. The molecule has 0 radical (unpaired) electrons. The van der Waals surface area contributed by atoms with Gasteiger partial charge in [-0.15, -0.1) is 11.3 Å². The molecule has 1 atom stereocenters. The lowest BCUT2D eigenvalue weighted by molar-refractivity contribution is -0.160. The molecule has 3 aromatic carbocycles. The van der Waals surface area contributed by atoms with Crippen LogP contribution in [0, 0.1) is 12.8 Å². The van der Waals surface area contributed by atoms with Crippen LogP contribution in [-0.2, 0) is 16.1 Å². The first-order valence-corrected chi connectivity index (χ1v) is 18.6. The molecule has 2 aliphatic heterocycles. The number of halogens is 1. The van der Waals surface area contributed by atoms with Crippen LogP contribution in [0.4, 0.5) is 0 Å². The van der Waals surface area contributed by atoms with Gasteiger partial charge in [-0.1, -0.05) is 37.6 Å². The van der Waals surface area contributed by atoms with E-state index in [2.05, 4.69) is 46.9 Å². The molecule has 2 aliphatic rings. The second-order valence-electron chi connectivity index (χ2n) is 15.1. The number of fused-ring (bicyclic) bond motifs is 2. The summed E-state index contributed by atoms with van der Waals surface area (Å²) in [7, 11) is 0. The third kappa shape index (κ3) is 6.88. The van der Waals surface area contributed by atoms with Crippen molar-refractivity contribution < 1.29 is 14.6 Å². The van der Waals surface area contributed by atoms with E-state index in [4.69, 9.17) is 26.4 Å². The summed E-state index contributed by atoms with van der Waals surface area (Å²) in [6.07, 6.45) is 1.07. The minimum Gasteiger partial charge on any atom is -0.479 e. The van der Waals surface area contributed by atoms with E-state index in [0.717, 1.165) is 83.0 Å². The van der Waals surface area contributed by atoms with Gasteiger partial charge in [-0.25, -0.2) is 9.78 Å². The van der Waals surface area contributed by atoms with Gasteiger partial charge in [0.05, 0.1) is 27.0 Å². The predicted molar refractivity (Wildman–Crippen MR) is 200 cm³/mol. The lowest BCUT2D eigenvalue weighted by Crippen LogP contribution is -2.58. The van der Waals surface area contributed by atoms with Crippen LogP contribution in [0.2, 0.25) is 5.02 Å². The monoisotopic (exact) mass is 699 g/mol. The van der Waals surface area contributed by atoms with E-state index in [1.165, 1.54) is 16.6 Å². The van der Waals surface area contributed by atoms with Gasteiger partial charge in [-0.2, -0.15) is 5.10 Å². The fraction of sp³-hybridized carbons (Fsp3) is 0.462. The number of carbonyl (C=O) groups is 1. The zero-order valence-corrected chi connectivity index (χ0v) is 30.8. The number of nitrogens with one attached hydrogen (secondary N) is 1. The van der Waals surface area contributed by atoms with Crippen molar-refractivity contribution in [1.29, 1.82) is 0 Å². The van der Waals surface area contributed by atoms with Crippen molar-refractivity contribution in [2.45, 2.75) is 84.6 Å². The Bertz CT molecular complexity index is 2000. The number of piperidine rings is 1. The quantitative estimate of drug-likeness (QED) is 0.159. The number of likely N-dealkylation sites (tertiary alicyclic amines) is 1. The van der Waals surface area contributed by atoms with Crippen molar-refractivity contribution in [3.63, 3.8) is 0 Å². The molecule has 49 heavy (non-hydrogen) atoms. The van der Waals surface area contributed by atoms with Crippen molar-refractivity contribution >= 4 is 50.0 Å². The molecule has 7 rings (SSSR count). The minimum absolute atomic E-state index is 0.420. The van der Waals surface area contributed by atoms with E-state index in [1.54, 1.807) is 11.3 Å². The van der Waals surface area contributed by atoms with E-state index < -0.39 is 17.7 Å². The van der Waals surface area contributed by atoms with Crippen LogP contribution in [0.3, 0.4) is 0 Å². The Labute approximate surface area is 297 Å². The van der Waals surface area contributed by atoms with E-state index in [-0.39, 0.29) is 0 Å². The summed E-state index contributed by atoms with van der Waals surface area (Å²) < 4.78 is 9.34. The molecule has 0 unspecified atom stereocenters. The normalized spacial score (nSPS) is 17.3. The summed E-state index contributed by atoms with van der Waals surface area (Å²) >= 11 is 7.90. The van der Waals surface area contributed by atoms with Gasteiger partial charge in [0.25, 0.3) is 0 Å². The third-order valence-corrected chi connectivity index (χ3v) is 11.2. The zero-order valence-electron chi connectivity index (χ0n) is 29.2. The summed E-state index contributed by atoms with van der Waals surface area (Å²) in [5, 5.41) is 21.9. The van der Waals surface area contributed by atoms with E-state index in [1.807, 2.05) is 58.0 Å². The fourth-order valence-electron chi connectivity index (χ4n) is 7.36. The highest BCUT2D eigenvalue weighted by Crippen LogP contribution is 2.45. The van der Waals surface area contributed by atoms with Crippen molar-refractivity contribution in [1.82, 2.24) is 25.0 Å². The molecule has 2 aromatic heterocycles. The number of benzene rings is 3. The number of nitrogens with zero attached hydrogens (tertiary/aromatic N) is 4. The number of carboxylic acid groups (broad SMARTS) is 1. The molecule has 2 fully saturated rings. The SMILES string of the molecule is Cc1cc2nc(-c3ccc4c(c3)c(C3CCN(C5CNC5)CC3)nn4CC(C)C)sc2c(-c2ccc(Cl)cc2)c1[C@H](OC(C)(C)C)C(=O)O. The van der Waals surface area contributed by atoms with Crippen molar-refractivity contribution in [3.05, 3.63) is 70.4 Å². The fourth-order valence-corrected chi connectivity index (χ4v) is 8.60. The summed E-state index contributed by atoms with van der Waals surface area (Å²) in [4.78, 5) is 20.6. The molecule has 2 N–H and O–H groups in total. The summed E-state index contributed by atoms with van der Waals surface area (Å²) in [6, 6.07) is 16.9. The van der Waals surface area contributed by atoms with Gasteiger partial charge < -0.3 is 15.2 Å². The largest absolute Gasteiger partial charge is 0.479 e. The Morgan fingerprint density at radius 2 is 1.78 bits per heavy atom. The molecule has 8 nitrogen and oxygen atoms in total. The summed E-state index contributed by atoms with van der Waals surface area (Å²) in [5.74, 6) is -0.124. The molecule has 10 heteroatoms. The number of hydrogen-bond acceptors (Lipinski definition) is 7. The van der Waals surface area contributed by atoms with Gasteiger partial charge in [-0.05, 0) is 107 Å². The first-order chi connectivity index (χ1) is 23.4. The highest BCUT2D eigenvalue weighted by molar-refractivity contribution is 7.22. The Balaban J connectivity index is 1.35.